The molecule has 104 valence electrons. The zero-order valence-corrected chi connectivity index (χ0v) is 13.7. The molecular weight excluding hydrogens is 344 g/mol. The normalized spacial score (nSPS) is 10.7. The van der Waals surface area contributed by atoms with Gasteiger partial charge in [0.1, 0.15) is 0 Å². The van der Waals surface area contributed by atoms with Crippen LogP contribution in [0.25, 0.3) is 10.8 Å². The average molecular weight is 357 g/mol. The summed E-state index contributed by atoms with van der Waals surface area (Å²) in [5.74, 6) is 0.601. The highest BCUT2D eigenvalue weighted by molar-refractivity contribution is 9.10. The van der Waals surface area contributed by atoms with Gasteiger partial charge in [-0.25, -0.2) is 0 Å². The van der Waals surface area contributed by atoms with E-state index in [-0.39, 0.29) is 5.78 Å². The third-order valence-electron chi connectivity index (χ3n) is 3.29. The third kappa shape index (κ3) is 3.20. The van der Waals surface area contributed by atoms with Crippen LogP contribution in [-0.2, 0) is 0 Å². The number of benzene rings is 3. The number of hydrogen-bond acceptors (Lipinski definition) is 2. The first-order valence-electron chi connectivity index (χ1n) is 6.64. The number of carbonyl (C=O) groups excluding carboxylic acids is 1. The molecule has 3 heteroatoms. The molecule has 0 atom stereocenters. The number of fused-ring (bicyclic) bond motifs is 1. The monoisotopic (exact) mass is 356 g/mol. The number of carbonyl (C=O) groups is 1. The molecule has 0 heterocycles. The lowest BCUT2D eigenvalue weighted by molar-refractivity contribution is 0.102. The van der Waals surface area contributed by atoms with Gasteiger partial charge in [0.2, 0.25) is 0 Å². The fourth-order valence-corrected chi connectivity index (χ4v) is 3.70. The molecule has 0 aliphatic heterocycles. The molecule has 0 aliphatic carbocycles. The van der Waals surface area contributed by atoms with E-state index in [1.807, 2.05) is 66.7 Å². The zero-order valence-electron chi connectivity index (χ0n) is 11.3. The van der Waals surface area contributed by atoms with Crippen LogP contribution in [0.3, 0.4) is 0 Å². The lowest BCUT2D eigenvalue weighted by Crippen LogP contribution is -2.03. The standard InChI is InChI=1S/C18H13BrOS/c19-16-10-3-4-11-18(16)21-12-17(20)15-9-5-7-13-6-1-2-8-14(13)15/h1-11H,12H2. The molecule has 0 saturated carbocycles. The first-order chi connectivity index (χ1) is 10.3. The number of thioether (sulfide) groups is 1. The predicted octanol–water partition coefficient (Wildman–Crippen LogP) is 5.58. The summed E-state index contributed by atoms with van der Waals surface area (Å²) in [6.07, 6.45) is 0. The fraction of sp³-hybridized carbons (Fsp3) is 0.0556. The Balaban J connectivity index is 1.83. The van der Waals surface area contributed by atoms with Gasteiger partial charge in [0, 0.05) is 14.9 Å². The van der Waals surface area contributed by atoms with Gasteiger partial charge in [0.15, 0.2) is 5.78 Å². The zero-order chi connectivity index (χ0) is 14.7. The van der Waals surface area contributed by atoms with Gasteiger partial charge in [-0.2, -0.15) is 0 Å². The van der Waals surface area contributed by atoms with Gasteiger partial charge in [-0.15, -0.1) is 11.8 Å². The molecule has 0 N–H and O–H groups in total. The Morgan fingerprint density at radius 2 is 1.62 bits per heavy atom. The number of halogens is 1. The van der Waals surface area contributed by atoms with Crippen molar-refractivity contribution in [3.63, 3.8) is 0 Å². The van der Waals surface area contributed by atoms with E-state index in [1.54, 1.807) is 11.8 Å². The lowest BCUT2D eigenvalue weighted by Gasteiger charge is -2.06. The molecule has 3 rings (SSSR count). The van der Waals surface area contributed by atoms with Gasteiger partial charge in [0.25, 0.3) is 0 Å². The number of ketones is 1. The minimum Gasteiger partial charge on any atom is -0.293 e. The van der Waals surface area contributed by atoms with Crippen molar-refractivity contribution in [2.24, 2.45) is 0 Å². The molecule has 3 aromatic carbocycles. The summed E-state index contributed by atoms with van der Waals surface area (Å²) in [5.41, 5.74) is 0.799. The van der Waals surface area contributed by atoms with E-state index in [2.05, 4.69) is 15.9 Å². The van der Waals surface area contributed by atoms with E-state index >= 15 is 0 Å². The van der Waals surface area contributed by atoms with E-state index in [0.29, 0.717) is 5.75 Å². The Kier molecular flexibility index (Phi) is 4.42. The molecule has 0 bridgehead atoms. The van der Waals surface area contributed by atoms with E-state index in [9.17, 15) is 4.79 Å². The van der Waals surface area contributed by atoms with Crippen LogP contribution in [0.2, 0.25) is 0 Å². The summed E-state index contributed by atoms with van der Waals surface area (Å²) in [7, 11) is 0. The molecule has 3 aromatic rings. The highest BCUT2D eigenvalue weighted by atomic mass is 79.9. The van der Waals surface area contributed by atoms with Crippen molar-refractivity contribution in [2.75, 3.05) is 5.75 Å². The molecule has 0 aromatic heterocycles. The molecule has 0 amide bonds. The predicted molar refractivity (Wildman–Crippen MR) is 93.1 cm³/mol. The topological polar surface area (TPSA) is 17.1 Å². The van der Waals surface area contributed by atoms with E-state index < -0.39 is 0 Å². The number of rotatable bonds is 4. The summed E-state index contributed by atoms with van der Waals surface area (Å²) in [6.45, 7) is 0. The molecule has 0 unspecified atom stereocenters. The van der Waals surface area contributed by atoms with Crippen LogP contribution < -0.4 is 0 Å². The maximum absolute atomic E-state index is 12.5. The SMILES string of the molecule is O=C(CSc1ccccc1Br)c1cccc2ccccc12. The molecule has 0 saturated heterocycles. The second-order valence-electron chi connectivity index (χ2n) is 4.67. The Morgan fingerprint density at radius 1 is 0.905 bits per heavy atom. The van der Waals surface area contributed by atoms with Crippen LogP contribution in [0.5, 0.6) is 0 Å². The molecule has 0 fully saturated rings. The summed E-state index contributed by atoms with van der Waals surface area (Å²) < 4.78 is 1.03. The van der Waals surface area contributed by atoms with Gasteiger partial charge in [-0.3, -0.25) is 4.79 Å². The molecule has 0 radical (unpaired) electrons. The first kappa shape index (κ1) is 14.4. The Labute approximate surface area is 136 Å². The van der Waals surface area contributed by atoms with Crippen molar-refractivity contribution in [3.05, 3.63) is 76.8 Å². The smallest absolute Gasteiger partial charge is 0.173 e. The van der Waals surface area contributed by atoms with Crippen molar-refractivity contribution in [2.45, 2.75) is 4.90 Å². The highest BCUT2D eigenvalue weighted by Gasteiger charge is 2.11. The van der Waals surface area contributed by atoms with Crippen molar-refractivity contribution in [1.29, 1.82) is 0 Å². The van der Waals surface area contributed by atoms with Crippen molar-refractivity contribution in [1.82, 2.24) is 0 Å². The Morgan fingerprint density at radius 3 is 2.48 bits per heavy atom. The number of Topliss-reactive ketones (excluding diaryl/α,β-unsaturated/α-hetero) is 1. The van der Waals surface area contributed by atoms with Crippen LogP contribution in [0.1, 0.15) is 10.4 Å². The van der Waals surface area contributed by atoms with Crippen molar-refractivity contribution < 1.29 is 4.79 Å². The summed E-state index contributed by atoms with van der Waals surface area (Å²) in [5, 5.41) is 2.13. The van der Waals surface area contributed by atoms with Crippen LogP contribution in [0.4, 0.5) is 0 Å². The second-order valence-corrected chi connectivity index (χ2v) is 6.54. The third-order valence-corrected chi connectivity index (χ3v) is 5.31. The lowest BCUT2D eigenvalue weighted by atomic mass is 10.0. The van der Waals surface area contributed by atoms with Gasteiger partial charge >= 0.3 is 0 Å². The van der Waals surface area contributed by atoms with Crippen molar-refractivity contribution in [3.8, 4) is 0 Å². The average Bonchev–Trinajstić information content (AvgIpc) is 2.53. The van der Waals surface area contributed by atoms with E-state index in [4.69, 9.17) is 0 Å². The minimum atomic E-state index is 0.160. The van der Waals surface area contributed by atoms with Crippen LogP contribution in [-0.4, -0.2) is 11.5 Å². The molecule has 21 heavy (non-hydrogen) atoms. The van der Waals surface area contributed by atoms with Crippen LogP contribution >= 0.6 is 27.7 Å². The Bertz CT molecular complexity index is 793. The molecule has 1 nitrogen and oxygen atoms in total. The van der Waals surface area contributed by atoms with Crippen LogP contribution in [0, 0.1) is 0 Å². The van der Waals surface area contributed by atoms with E-state index in [0.717, 1.165) is 25.7 Å². The van der Waals surface area contributed by atoms with E-state index in [1.165, 1.54) is 0 Å². The highest BCUT2D eigenvalue weighted by Crippen LogP contribution is 2.28. The summed E-state index contributed by atoms with van der Waals surface area (Å²) in [4.78, 5) is 13.6. The van der Waals surface area contributed by atoms with Gasteiger partial charge in [0.05, 0.1) is 5.75 Å². The molecular formula is C18H13BrOS. The van der Waals surface area contributed by atoms with Crippen LogP contribution in [0.15, 0.2) is 76.1 Å². The number of hydrogen-bond donors (Lipinski definition) is 0. The minimum absolute atomic E-state index is 0.160. The van der Waals surface area contributed by atoms with Gasteiger partial charge in [-0.1, -0.05) is 54.6 Å². The van der Waals surface area contributed by atoms with Gasteiger partial charge in [-0.05, 0) is 38.8 Å². The van der Waals surface area contributed by atoms with Crippen molar-refractivity contribution >= 4 is 44.2 Å². The fourth-order valence-electron chi connectivity index (χ4n) is 2.25. The summed E-state index contributed by atoms with van der Waals surface area (Å²) in [6, 6.07) is 21.9. The summed E-state index contributed by atoms with van der Waals surface area (Å²) >= 11 is 5.07. The molecule has 0 spiro atoms. The second kappa shape index (κ2) is 6.46. The Hall–Kier alpha value is -1.58. The quantitative estimate of drug-likeness (QED) is 0.448. The van der Waals surface area contributed by atoms with Gasteiger partial charge < -0.3 is 0 Å². The maximum Gasteiger partial charge on any atom is 0.173 e. The largest absolute Gasteiger partial charge is 0.293 e. The maximum atomic E-state index is 12.5. The molecule has 0 aliphatic rings. The first-order valence-corrected chi connectivity index (χ1v) is 8.42.